The predicted octanol–water partition coefficient (Wildman–Crippen LogP) is 1.35. The maximum atomic E-state index is 10.9. The zero-order valence-corrected chi connectivity index (χ0v) is 8.40. The average molecular weight is 209 g/mol. The van der Waals surface area contributed by atoms with Crippen molar-refractivity contribution in [3.05, 3.63) is 23.8 Å². The molecule has 1 amide bonds. The first-order valence-electron chi connectivity index (χ1n) is 4.23. The number of carboxylic acids is 1. The minimum absolute atomic E-state index is 0.00421. The second-order valence-corrected chi connectivity index (χ2v) is 2.90. The molecule has 0 spiro atoms. The average Bonchev–Trinajstić information content (AvgIpc) is 2.17. The van der Waals surface area contributed by atoms with E-state index in [-0.39, 0.29) is 17.2 Å². The molecule has 0 aliphatic carbocycles. The normalized spacial score (nSPS) is 9.47. The molecule has 0 aliphatic rings. The third-order valence-electron chi connectivity index (χ3n) is 1.77. The summed E-state index contributed by atoms with van der Waals surface area (Å²) in [6.07, 6.45) is 0. The largest absolute Gasteiger partial charge is 0.497 e. The van der Waals surface area contributed by atoms with Crippen LogP contribution in [0.5, 0.6) is 5.75 Å². The van der Waals surface area contributed by atoms with Gasteiger partial charge in [0.15, 0.2) is 0 Å². The predicted molar refractivity (Wildman–Crippen MR) is 54.3 cm³/mol. The number of carboxylic acid groups (broad SMARTS) is 1. The number of ether oxygens (including phenoxy) is 1. The molecule has 0 bridgehead atoms. The monoisotopic (exact) mass is 209 g/mol. The van der Waals surface area contributed by atoms with Crippen molar-refractivity contribution in [2.45, 2.75) is 6.92 Å². The molecule has 1 aromatic carbocycles. The van der Waals surface area contributed by atoms with Crippen LogP contribution in [0.4, 0.5) is 5.69 Å². The summed E-state index contributed by atoms with van der Waals surface area (Å²) < 4.78 is 4.89. The number of hydrogen-bond acceptors (Lipinski definition) is 3. The van der Waals surface area contributed by atoms with Gasteiger partial charge in [0.25, 0.3) is 0 Å². The topological polar surface area (TPSA) is 75.6 Å². The molecule has 5 heteroatoms. The Morgan fingerprint density at radius 1 is 1.40 bits per heavy atom. The number of carbonyl (C=O) groups is 2. The second-order valence-electron chi connectivity index (χ2n) is 2.90. The smallest absolute Gasteiger partial charge is 0.337 e. The lowest BCUT2D eigenvalue weighted by atomic mass is 10.1. The van der Waals surface area contributed by atoms with Crippen LogP contribution in [0.1, 0.15) is 17.3 Å². The highest BCUT2D eigenvalue weighted by atomic mass is 16.5. The van der Waals surface area contributed by atoms with Gasteiger partial charge in [0, 0.05) is 6.92 Å². The van der Waals surface area contributed by atoms with Crippen molar-refractivity contribution in [3.8, 4) is 5.75 Å². The highest BCUT2D eigenvalue weighted by molar-refractivity contribution is 6.00. The molecule has 0 fully saturated rings. The number of nitrogens with one attached hydrogen (secondary N) is 1. The number of hydrogen-bond donors (Lipinski definition) is 2. The van der Waals surface area contributed by atoms with E-state index < -0.39 is 5.97 Å². The van der Waals surface area contributed by atoms with Gasteiger partial charge in [0.1, 0.15) is 5.75 Å². The van der Waals surface area contributed by atoms with Crippen molar-refractivity contribution in [2.24, 2.45) is 0 Å². The molecule has 0 saturated heterocycles. The van der Waals surface area contributed by atoms with Gasteiger partial charge in [-0.15, -0.1) is 0 Å². The molecule has 1 aromatic rings. The lowest BCUT2D eigenvalue weighted by molar-refractivity contribution is -0.114. The molecule has 15 heavy (non-hydrogen) atoms. The van der Waals surface area contributed by atoms with E-state index in [9.17, 15) is 9.59 Å². The molecule has 0 aliphatic heterocycles. The van der Waals surface area contributed by atoms with Crippen LogP contribution in [-0.4, -0.2) is 24.1 Å². The number of carbonyl (C=O) groups excluding carboxylic acids is 1. The van der Waals surface area contributed by atoms with Crippen LogP contribution >= 0.6 is 0 Å². The van der Waals surface area contributed by atoms with Crippen molar-refractivity contribution in [3.63, 3.8) is 0 Å². The standard InChI is InChI=1S/C10H11NO4/c1-6(12)11-9-4-3-7(15-2)5-8(9)10(13)14/h3-5H,1-2H3,(H,11,12)(H,13,14). The molecule has 0 atom stereocenters. The van der Waals surface area contributed by atoms with Gasteiger partial charge in [0.05, 0.1) is 18.4 Å². The van der Waals surface area contributed by atoms with Crippen molar-refractivity contribution in [1.29, 1.82) is 0 Å². The Kier molecular flexibility index (Phi) is 3.28. The molecule has 80 valence electrons. The number of benzene rings is 1. The summed E-state index contributed by atoms with van der Waals surface area (Å²) in [7, 11) is 1.44. The van der Waals surface area contributed by atoms with Gasteiger partial charge in [-0.05, 0) is 18.2 Å². The first-order chi connectivity index (χ1) is 7.04. The maximum Gasteiger partial charge on any atom is 0.337 e. The second kappa shape index (κ2) is 4.45. The van der Waals surface area contributed by atoms with Crippen LogP contribution in [0.25, 0.3) is 0 Å². The van der Waals surface area contributed by atoms with Gasteiger partial charge in [-0.2, -0.15) is 0 Å². The van der Waals surface area contributed by atoms with Gasteiger partial charge in [0.2, 0.25) is 5.91 Å². The Labute approximate surface area is 86.7 Å². The first-order valence-corrected chi connectivity index (χ1v) is 4.23. The number of rotatable bonds is 3. The zero-order valence-electron chi connectivity index (χ0n) is 8.40. The maximum absolute atomic E-state index is 10.9. The highest BCUT2D eigenvalue weighted by Crippen LogP contribution is 2.21. The molecular formula is C10H11NO4. The van der Waals surface area contributed by atoms with Crippen molar-refractivity contribution >= 4 is 17.6 Å². The van der Waals surface area contributed by atoms with E-state index in [1.807, 2.05) is 0 Å². The molecule has 5 nitrogen and oxygen atoms in total. The molecular weight excluding hydrogens is 198 g/mol. The Bertz CT molecular complexity index is 400. The van der Waals surface area contributed by atoms with Gasteiger partial charge < -0.3 is 15.2 Å². The third kappa shape index (κ3) is 2.70. The number of aromatic carboxylic acids is 1. The van der Waals surface area contributed by atoms with Crippen molar-refractivity contribution < 1.29 is 19.4 Å². The summed E-state index contributed by atoms with van der Waals surface area (Å²) in [6, 6.07) is 4.43. The fourth-order valence-electron chi connectivity index (χ4n) is 1.13. The number of anilines is 1. The molecule has 0 saturated carbocycles. The molecule has 0 heterocycles. The van der Waals surface area contributed by atoms with E-state index in [1.165, 1.54) is 26.2 Å². The molecule has 0 aromatic heterocycles. The summed E-state index contributed by atoms with van der Waals surface area (Å²) in [5.74, 6) is -0.998. The Morgan fingerprint density at radius 3 is 2.53 bits per heavy atom. The first kappa shape index (κ1) is 11.0. The Morgan fingerprint density at radius 2 is 2.07 bits per heavy atom. The van der Waals surface area contributed by atoms with Crippen LogP contribution in [0, 0.1) is 0 Å². The summed E-state index contributed by atoms with van der Waals surface area (Å²) >= 11 is 0. The summed E-state index contributed by atoms with van der Waals surface area (Å²) in [4.78, 5) is 21.7. The van der Waals surface area contributed by atoms with E-state index in [4.69, 9.17) is 9.84 Å². The Hall–Kier alpha value is -2.04. The zero-order chi connectivity index (χ0) is 11.4. The minimum Gasteiger partial charge on any atom is -0.497 e. The van der Waals surface area contributed by atoms with Crippen LogP contribution in [0.2, 0.25) is 0 Å². The van der Waals surface area contributed by atoms with Crippen LogP contribution < -0.4 is 10.1 Å². The Balaban J connectivity index is 3.15. The quantitative estimate of drug-likeness (QED) is 0.787. The lowest BCUT2D eigenvalue weighted by Gasteiger charge is -2.08. The van der Waals surface area contributed by atoms with Crippen LogP contribution in [-0.2, 0) is 4.79 Å². The van der Waals surface area contributed by atoms with E-state index in [0.717, 1.165) is 0 Å². The van der Waals surface area contributed by atoms with E-state index >= 15 is 0 Å². The van der Waals surface area contributed by atoms with E-state index in [1.54, 1.807) is 6.07 Å². The number of amides is 1. The molecule has 1 rings (SSSR count). The highest BCUT2D eigenvalue weighted by Gasteiger charge is 2.12. The third-order valence-corrected chi connectivity index (χ3v) is 1.77. The van der Waals surface area contributed by atoms with Crippen LogP contribution in [0.3, 0.4) is 0 Å². The van der Waals surface area contributed by atoms with E-state index in [2.05, 4.69) is 5.32 Å². The summed E-state index contributed by atoms with van der Waals surface area (Å²) in [5.41, 5.74) is 0.264. The molecule has 0 unspecified atom stereocenters. The fourth-order valence-corrected chi connectivity index (χ4v) is 1.13. The summed E-state index contributed by atoms with van der Waals surface area (Å²) in [6.45, 7) is 1.32. The lowest BCUT2D eigenvalue weighted by Crippen LogP contribution is -2.10. The van der Waals surface area contributed by atoms with Gasteiger partial charge in [-0.25, -0.2) is 4.79 Å². The molecule has 0 radical (unpaired) electrons. The SMILES string of the molecule is COc1ccc(NC(C)=O)c(C(=O)O)c1. The van der Waals surface area contributed by atoms with Gasteiger partial charge in [-0.1, -0.05) is 0 Å². The van der Waals surface area contributed by atoms with Crippen molar-refractivity contribution in [2.75, 3.05) is 12.4 Å². The minimum atomic E-state index is -1.11. The van der Waals surface area contributed by atoms with E-state index in [0.29, 0.717) is 5.75 Å². The van der Waals surface area contributed by atoms with Crippen LogP contribution in [0.15, 0.2) is 18.2 Å². The fraction of sp³-hybridized carbons (Fsp3) is 0.200. The van der Waals surface area contributed by atoms with Gasteiger partial charge in [-0.3, -0.25) is 4.79 Å². The molecule has 2 N–H and O–H groups in total. The number of methoxy groups -OCH3 is 1. The van der Waals surface area contributed by atoms with Crippen molar-refractivity contribution in [1.82, 2.24) is 0 Å². The summed E-state index contributed by atoms with van der Waals surface area (Å²) in [5, 5.41) is 11.3. The van der Waals surface area contributed by atoms with Gasteiger partial charge >= 0.3 is 5.97 Å².